The average Bonchev–Trinajstić information content (AvgIpc) is 2.91. The summed E-state index contributed by atoms with van der Waals surface area (Å²) in [5.74, 6) is -0.694. The van der Waals surface area contributed by atoms with Crippen molar-refractivity contribution in [2.45, 2.75) is 6.92 Å². The number of hydrogen-bond acceptors (Lipinski definition) is 4. The Hall–Kier alpha value is -2.57. The molecule has 0 spiro atoms. The van der Waals surface area contributed by atoms with Gasteiger partial charge in [-0.25, -0.2) is 0 Å². The number of rotatable bonds is 5. The molecule has 3 rings (SSSR count). The predicted molar refractivity (Wildman–Crippen MR) is 108 cm³/mol. The summed E-state index contributed by atoms with van der Waals surface area (Å²) in [5.41, 5.74) is 2.33. The summed E-state index contributed by atoms with van der Waals surface area (Å²) < 4.78 is 0. The van der Waals surface area contributed by atoms with Crippen molar-refractivity contribution in [3.63, 3.8) is 0 Å². The van der Waals surface area contributed by atoms with E-state index in [4.69, 9.17) is 11.6 Å². The molecule has 1 N–H and O–H groups in total. The number of benzene rings is 2. The van der Waals surface area contributed by atoms with Gasteiger partial charge in [-0.1, -0.05) is 53.6 Å². The Bertz CT molecular complexity index is 925. The Morgan fingerprint density at radius 2 is 1.85 bits per heavy atom. The van der Waals surface area contributed by atoms with Crippen molar-refractivity contribution in [3.8, 4) is 0 Å². The fourth-order valence-corrected chi connectivity index (χ4v) is 3.62. The molecule has 138 valence electrons. The summed E-state index contributed by atoms with van der Waals surface area (Å²) in [6.45, 7) is 2.24. The van der Waals surface area contributed by atoms with Crippen molar-refractivity contribution in [1.29, 1.82) is 0 Å². The number of hydrogen-bond donors (Lipinski definition) is 1. The molecule has 5 nitrogen and oxygen atoms in total. The molecule has 1 aliphatic heterocycles. The van der Waals surface area contributed by atoms with Gasteiger partial charge in [0.2, 0.25) is 0 Å². The molecule has 2 aromatic rings. The SMILES string of the molecule is Cc1ccc(/C=C2\SC(=O)N(CCNC(=O)c3ccccc3Cl)C2=O)cc1. The van der Waals surface area contributed by atoms with Gasteiger partial charge in [0.25, 0.3) is 17.1 Å². The third-order valence-corrected chi connectivity index (χ3v) is 5.23. The lowest BCUT2D eigenvalue weighted by atomic mass is 10.1. The second-order valence-corrected chi connectivity index (χ2v) is 7.38. The highest BCUT2D eigenvalue weighted by Gasteiger charge is 2.34. The van der Waals surface area contributed by atoms with E-state index in [0.717, 1.165) is 27.8 Å². The standard InChI is InChI=1S/C20H17ClN2O3S/c1-13-6-8-14(9-7-13)12-17-19(25)23(20(26)27-17)11-10-22-18(24)15-4-2-3-5-16(15)21/h2-9,12H,10-11H2,1H3,(H,22,24)/b17-12-. The second-order valence-electron chi connectivity index (χ2n) is 5.98. The second kappa shape index (κ2) is 8.41. The first-order chi connectivity index (χ1) is 13.0. The number of imide groups is 1. The van der Waals surface area contributed by atoms with Crippen molar-refractivity contribution in [1.82, 2.24) is 10.2 Å². The molecule has 3 amide bonds. The minimum Gasteiger partial charge on any atom is -0.350 e. The zero-order valence-corrected chi connectivity index (χ0v) is 16.1. The molecule has 1 heterocycles. The summed E-state index contributed by atoms with van der Waals surface area (Å²) in [4.78, 5) is 38.2. The van der Waals surface area contributed by atoms with Crippen molar-refractivity contribution < 1.29 is 14.4 Å². The van der Waals surface area contributed by atoms with E-state index < -0.39 is 0 Å². The van der Waals surface area contributed by atoms with Gasteiger partial charge < -0.3 is 5.32 Å². The van der Waals surface area contributed by atoms with Crippen LogP contribution in [-0.2, 0) is 4.79 Å². The highest BCUT2D eigenvalue weighted by molar-refractivity contribution is 8.18. The van der Waals surface area contributed by atoms with Crippen LogP contribution in [0.15, 0.2) is 53.4 Å². The molecule has 0 bridgehead atoms. The number of carbonyl (C=O) groups is 3. The maximum atomic E-state index is 12.5. The minimum atomic E-state index is -0.349. The van der Waals surface area contributed by atoms with Crippen molar-refractivity contribution >= 4 is 46.5 Å². The van der Waals surface area contributed by atoms with Crippen molar-refractivity contribution in [2.24, 2.45) is 0 Å². The molecule has 0 radical (unpaired) electrons. The Labute approximate surface area is 166 Å². The fraction of sp³-hybridized carbons (Fsp3) is 0.150. The van der Waals surface area contributed by atoms with Crippen LogP contribution >= 0.6 is 23.4 Å². The maximum Gasteiger partial charge on any atom is 0.293 e. The molecule has 1 fully saturated rings. The van der Waals surface area contributed by atoms with Gasteiger partial charge in [-0.15, -0.1) is 0 Å². The smallest absolute Gasteiger partial charge is 0.293 e. The van der Waals surface area contributed by atoms with E-state index in [-0.39, 0.29) is 30.1 Å². The van der Waals surface area contributed by atoms with Gasteiger partial charge in [0, 0.05) is 13.1 Å². The predicted octanol–water partition coefficient (Wildman–Crippen LogP) is 4.11. The van der Waals surface area contributed by atoms with Gasteiger partial charge in [0.1, 0.15) is 0 Å². The molecular formula is C20H17ClN2O3S. The molecule has 7 heteroatoms. The number of aryl methyl sites for hydroxylation is 1. The summed E-state index contributed by atoms with van der Waals surface area (Å²) >= 11 is 6.89. The van der Waals surface area contributed by atoms with Crippen LogP contribution in [0, 0.1) is 6.92 Å². The first kappa shape index (κ1) is 19.2. The molecule has 0 aromatic heterocycles. The topological polar surface area (TPSA) is 66.5 Å². The summed E-state index contributed by atoms with van der Waals surface area (Å²) in [6.07, 6.45) is 1.70. The van der Waals surface area contributed by atoms with Crippen molar-refractivity contribution in [3.05, 3.63) is 75.1 Å². The van der Waals surface area contributed by atoms with Crippen LogP contribution in [-0.4, -0.2) is 35.0 Å². The lowest BCUT2D eigenvalue weighted by molar-refractivity contribution is -0.122. The van der Waals surface area contributed by atoms with Gasteiger partial charge in [-0.3, -0.25) is 19.3 Å². The van der Waals surface area contributed by atoms with E-state index in [1.54, 1.807) is 30.3 Å². The normalized spacial score (nSPS) is 15.5. The minimum absolute atomic E-state index is 0.103. The monoisotopic (exact) mass is 400 g/mol. The van der Waals surface area contributed by atoms with E-state index in [1.165, 1.54) is 0 Å². The third kappa shape index (κ3) is 4.59. The van der Waals surface area contributed by atoms with Crippen LogP contribution < -0.4 is 5.32 Å². The molecule has 1 aliphatic rings. The fourth-order valence-electron chi connectivity index (χ4n) is 2.53. The van der Waals surface area contributed by atoms with Crippen LogP contribution in [0.4, 0.5) is 4.79 Å². The Morgan fingerprint density at radius 1 is 1.15 bits per heavy atom. The van der Waals surface area contributed by atoms with Gasteiger partial charge in [0.05, 0.1) is 15.5 Å². The number of amides is 3. The van der Waals surface area contributed by atoms with E-state index in [2.05, 4.69) is 5.32 Å². The zero-order valence-electron chi connectivity index (χ0n) is 14.6. The maximum absolute atomic E-state index is 12.5. The third-order valence-electron chi connectivity index (χ3n) is 3.99. The van der Waals surface area contributed by atoms with Gasteiger partial charge >= 0.3 is 0 Å². The number of carbonyl (C=O) groups excluding carboxylic acids is 3. The van der Waals surface area contributed by atoms with E-state index in [0.29, 0.717) is 15.5 Å². The van der Waals surface area contributed by atoms with Gasteiger partial charge in [-0.05, 0) is 42.5 Å². The summed E-state index contributed by atoms with van der Waals surface area (Å²) in [6, 6.07) is 14.4. The number of halogens is 1. The summed E-state index contributed by atoms with van der Waals surface area (Å²) in [5, 5.41) is 2.69. The highest BCUT2D eigenvalue weighted by Crippen LogP contribution is 2.31. The lowest BCUT2D eigenvalue weighted by Crippen LogP contribution is -2.37. The van der Waals surface area contributed by atoms with Crippen LogP contribution in [0.2, 0.25) is 5.02 Å². The van der Waals surface area contributed by atoms with Crippen LogP contribution in [0.5, 0.6) is 0 Å². The molecule has 1 saturated heterocycles. The van der Waals surface area contributed by atoms with E-state index in [9.17, 15) is 14.4 Å². The number of nitrogens with one attached hydrogen (secondary N) is 1. The Morgan fingerprint density at radius 3 is 2.56 bits per heavy atom. The molecule has 27 heavy (non-hydrogen) atoms. The molecule has 0 saturated carbocycles. The quantitative estimate of drug-likeness (QED) is 0.767. The van der Waals surface area contributed by atoms with Gasteiger partial charge in [-0.2, -0.15) is 0 Å². The Balaban J connectivity index is 1.60. The molecule has 0 atom stereocenters. The highest BCUT2D eigenvalue weighted by atomic mass is 35.5. The molecule has 2 aromatic carbocycles. The Kier molecular flexibility index (Phi) is 5.98. The molecular weight excluding hydrogens is 384 g/mol. The van der Waals surface area contributed by atoms with Crippen LogP contribution in [0.1, 0.15) is 21.5 Å². The van der Waals surface area contributed by atoms with E-state index in [1.807, 2.05) is 31.2 Å². The van der Waals surface area contributed by atoms with E-state index >= 15 is 0 Å². The van der Waals surface area contributed by atoms with Crippen LogP contribution in [0.3, 0.4) is 0 Å². The summed E-state index contributed by atoms with van der Waals surface area (Å²) in [7, 11) is 0. The number of nitrogens with zero attached hydrogens (tertiary/aromatic N) is 1. The van der Waals surface area contributed by atoms with Crippen molar-refractivity contribution in [2.75, 3.05) is 13.1 Å². The number of thioether (sulfide) groups is 1. The van der Waals surface area contributed by atoms with Crippen LogP contribution in [0.25, 0.3) is 6.08 Å². The largest absolute Gasteiger partial charge is 0.350 e. The molecule has 0 aliphatic carbocycles. The first-order valence-corrected chi connectivity index (χ1v) is 9.50. The zero-order chi connectivity index (χ0) is 19.4. The molecule has 0 unspecified atom stereocenters. The van der Waals surface area contributed by atoms with Gasteiger partial charge in [0.15, 0.2) is 0 Å². The first-order valence-electron chi connectivity index (χ1n) is 8.30. The average molecular weight is 401 g/mol. The lowest BCUT2D eigenvalue weighted by Gasteiger charge is -2.13.